The van der Waals surface area contributed by atoms with E-state index in [0.29, 0.717) is 0 Å². The highest BCUT2D eigenvalue weighted by molar-refractivity contribution is 7.80. The van der Waals surface area contributed by atoms with Crippen LogP contribution in [0.5, 0.6) is 11.5 Å². The molecule has 0 radical (unpaired) electrons. The normalized spacial score (nSPS) is 10.7. The fourth-order valence-corrected chi connectivity index (χ4v) is 7.06. The largest absolute Gasteiger partial charge is 0.457 e. The van der Waals surface area contributed by atoms with Crippen molar-refractivity contribution >= 4 is 65.8 Å². The molecule has 0 fully saturated rings. The van der Waals surface area contributed by atoms with Crippen LogP contribution in [0.3, 0.4) is 0 Å². The Morgan fingerprint density at radius 3 is 1.28 bits per heavy atom. The van der Waals surface area contributed by atoms with Gasteiger partial charge in [-0.15, -0.1) is 0 Å². The monoisotopic (exact) mass is 434 g/mol. The fraction of sp³-hybridized carbons (Fsp3) is 0. The summed E-state index contributed by atoms with van der Waals surface area (Å²) in [4.78, 5) is 2.40. The van der Waals surface area contributed by atoms with Crippen molar-refractivity contribution in [1.82, 2.24) is 0 Å². The topological polar surface area (TPSA) is 9.23 Å². The average Bonchev–Trinajstić information content (AvgIpc) is 3.25. The van der Waals surface area contributed by atoms with E-state index >= 15 is 0 Å². The van der Waals surface area contributed by atoms with Crippen molar-refractivity contribution in [1.29, 1.82) is 0 Å². The summed E-state index contributed by atoms with van der Waals surface area (Å²) in [5.74, 6) is 1.64. The maximum atomic E-state index is 5.94. The molecule has 0 bridgehead atoms. The van der Waals surface area contributed by atoms with Crippen molar-refractivity contribution in [3.63, 3.8) is 0 Å². The summed E-state index contributed by atoms with van der Waals surface area (Å²) < 4.78 is 7.79. The third-order valence-corrected chi connectivity index (χ3v) is 9.26. The molecule has 0 unspecified atom stereocenters. The maximum absolute atomic E-state index is 5.94. The molecule has 7 heteroatoms. The second-order valence-electron chi connectivity index (χ2n) is 5.14. The van der Waals surface area contributed by atoms with Crippen LogP contribution in [0.4, 0.5) is 0 Å². The molecule has 4 aromatic rings. The van der Waals surface area contributed by atoms with Gasteiger partial charge in [0.1, 0.15) is 19.1 Å². The molecule has 25 heavy (non-hydrogen) atoms. The van der Waals surface area contributed by atoms with Crippen molar-refractivity contribution in [3.8, 4) is 32.4 Å². The predicted molar refractivity (Wildman–Crippen MR) is 117 cm³/mol. The number of benzene rings is 2. The van der Waals surface area contributed by atoms with Gasteiger partial charge in [0.25, 0.3) is 0 Å². The summed E-state index contributed by atoms with van der Waals surface area (Å²) in [6.45, 7) is 0. The van der Waals surface area contributed by atoms with Crippen LogP contribution in [0.1, 0.15) is 0 Å². The quantitative estimate of drug-likeness (QED) is 0.235. The zero-order valence-electron chi connectivity index (χ0n) is 12.6. The third-order valence-electron chi connectivity index (χ3n) is 3.44. The van der Waals surface area contributed by atoms with E-state index in [4.69, 9.17) is 29.2 Å². The molecule has 0 N–H and O–H groups in total. The van der Waals surface area contributed by atoms with Crippen LogP contribution < -0.4 is 4.74 Å². The number of hydrogen-bond donors (Lipinski definition) is 0. The maximum Gasteiger partial charge on any atom is 0.127 e. The summed E-state index contributed by atoms with van der Waals surface area (Å²) in [5.41, 5.74) is 2.33. The zero-order valence-corrected chi connectivity index (χ0v) is 17.5. The predicted octanol–water partition coefficient (Wildman–Crippen LogP) is 8.52. The molecular formula is C18H10OS6. The van der Waals surface area contributed by atoms with Gasteiger partial charge in [-0.05, 0) is 71.8 Å². The Bertz CT molecular complexity index is 1010. The molecule has 4 rings (SSSR count). The van der Waals surface area contributed by atoms with E-state index in [1.165, 1.54) is 20.9 Å². The number of rotatable bonds is 4. The van der Waals surface area contributed by atoms with Gasteiger partial charge >= 0.3 is 0 Å². The van der Waals surface area contributed by atoms with Crippen LogP contribution in [-0.2, 0) is 0 Å². The first-order valence-electron chi connectivity index (χ1n) is 7.26. The van der Waals surface area contributed by atoms with Crippen molar-refractivity contribution in [2.24, 2.45) is 0 Å². The first-order chi connectivity index (χ1) is 12.2. The van der Waals surface area contributed by atoms with Crippen LogP contribution in [0.15, 0.2) is 60.7 Å². The lowest BCUT2D eigenvalue weighted by atomic mass is 10.2. The molecule has 2 aromatic carbocycles. The Morgan fingerprint density at radius 2 is 0.960 bits per heavy atom. The van der Waals surface area contributed by atoms with Crippen molar-refractivity contribution in [3.05, 3.63) is 68.3 Å². The molecule has 0 aliphatic carbocycles. The Labute approximate surface area is 170 Å². The minimum Gasteiger partial charge on any atom is -0.457 e. The lowest BCUT2D eigenvalue weighted by Crippen LogP contribution is -1.84. The molecule has 2 aromatic heterocycles. The van der Waals surface area contributed by atoms with E-state index in [9.17, 15) is 0 Å². The number of hydrogen-bond acceptors (Lipinski definition) is 7. The van der Waals surface area contributed by atoms with E-state index in [1.54, 1.807) is 41.4 Å². The van der Waals surface area contributed by atoms with E-state index < -0.39 is 0 Å². The standard InChI is InChI=1S/C18H10OS6/c20-17-9-15(22-24-17)11-1-5-13(6-2-11)19-14-7-3-12(4-8-14)16-10-18(21)25-23-16/h1-10H. The molecule has 1 nitrogen and oxygen atoms in total. The highest BCUT2D eigenvalue weighted by atomic mass is 32.9. The molecule has 0 saturated carbocycles. The minimum atomic E-state index is 0.821. The van der Waals surface area contributed by atoms with Crippen LogP contribution >= 0.6 is 65.8 Å². The first-order valence-corrected chi connectivity index (χ1v) is 12.4. The molecule has 0 amide bonds. The number of ether oxygens (including phenoxy) is 1. The zero-order chi connectivity index (χ0) is 17.2. The second kappa shape index (κ2) is 7.57. The van der Waals surface area contributed by atoms with Gasteiger partial charge in [-0.25, -0.2) is 0 Å². The SMILES string of the molecule is S=c1cc(-c2ccc(Oc3ccc(-c4cc(=S)ss4)cc3)cc2)ss1. The summed E-state index contributed by atoms with van der Waals surface area (Å²) in [7, 11) is 6.66. The second-order valence-corrected chi connectivity index (χ2v) is 11.0. The molecule has 0 atom stereocenters. The summed E-state index contributed by atoms with van der Waals surface area (Å²) >= 11 is 10.4. The smallest absolute Gasteiger partial charge is 0.127 e. The lowest BCUT2D eigenvalue weighted by Gasteiger charge is -2.07. The first kappa shape index (κ1) is 17.2. The van der Waals surface area contributed by atoms with E-state index in [2.05, 4.69) is 24.3 Å². The summed E-state index contributed by atoms with van der Waals surface area (Å²) in [5, 5.41) is 0. The Morgan fingerprint density at radius 1 is 0.560 bits per heavy atom. The molecule has 0 saturated heterocycles. The van der Waals surface area contributed by atoms with Gasteiger partial charge in [0.15, 0.2) is 0 Å². The van der Waals surface area contributed by atoms with Crippen LogP contribution in [-0.4, -0.2) is 0 Å². The van der Waals surface area contributed by atoms with Crippen LogP contribution in [0.2, 0.25) is 0 Å². The Balaban J connectivity index is 1.50. The molecule has 0 aliphatic rings. The van der Waals surface area contributed by atoms with Crippen LogP contribution in [0, 0.1) is 7.65 Å². The van der Waals surface area contributed by atoms with Gasteiger partial charge in [-0.3, -0.25) is 0 Å². The third kappa shape index (κ3) is 4.13. The van der Waals surface area contributed by atoms with E-state index in [-0.39, 0.29) is 0 Å². The minimum absolute atomic E-state index is 0.821. The molecule has 124 valence electrons. The molecular weight excluding hydrogens is 425 g/mol. The Kier molecular flexibility index (Phi) is 5.21. The molecule has 2 heterocycles. The Hall–Kier alpha value is -1.22. The van der Waals surface area contributed by atoms with E-state index in [0.717, 1.165) is 19.1 Å². The molecule has 0 spiro atoms. The summed E-state index contributed by atoms with van der Waals surface area (Å²) in [6.07, 6.45) is 0. The van der Waals surface area contributed by atoms with Crippen LogP contribution in [0.25, 0.3) is 20.9 Å². The van der Waals surface area contributed by atoms with Crippen molar-refractivity contribution in [2.75, 3.05) is 0 Å². The van der Waals surface area contributed by atoms with Gasteiger partial charge in [-0.2, -0.15) is 0 Å². The van der Waals surface area contributed by atoms with Gasteiger partial charge in [0, 0.05) is 9.75 Å². The highest BCUT2D eigenvalue weighted by Crippen LogP contribution is 2.33. The van der Waals surface area contributed by atoms with Gasteiger partial charge < -0.3 is 4.74 Å². The molecule has 0 aliphatic heterocycles. The average molecular weight is 435 g/mol. The highest BCUT2D eigenvalue weighted by Gasteiger charge is 2.04. The van der Waals surface area contributed by atoms with Gasteiger partial charge in [0.2, 0.25) is 0 Å². The van der Waals surface area contributed by atoms with Gasteiger partial charge in [0.05, 0.1) is 0 Å². The van der Waals surface area contributed by atoms with E-state index in [1.807, 2.05) is 36.4 Å². The van der Waals surface area contributed by atoms with Gasteiger partial charge in [-0.1, -0.05) is 65.8 Å². The fourth-order valence-electron chi connectivity index (χ4n) is 2.26. The van der Waals surface area contributed by atoms with Crippen molar-refractivity contribution < 1.29 is 4.74 Å². The summed E-state index contributed by atoms with van der Waals surface area (Å²) in [6, 6.07) is 20.3. The lowest BCUT2D eigenvalue weighted by molar-refractivity contribution is 0.483. The van der Waals surface area contributed by atoms with Crippen molar-refractivity contribution in [2.45, 2.75) is 0 Å².